The average Bonchev–Trinajstić information content (AvgIpc) is 2.30. The van der Waals surface area contributed by atoms with Crippen molar-refractivity contribution in [2.45, 2.75) is 34.2 Å². The minimum Gasteiger partial charge on any atom is -0.381 e. The van der Waals surface area contributed by atoms with Crippen molar-refractivity contribution in [2.75, 3.05) is 5.32 Å². The lowest BCUT2D eigenvalue weighted by Gasteiger charge is -2.15. The van der Waals surface area contributed by atoms with Gasteiger partial charge < -0.3 is 5.32 Å². The normalized spacial score (nSPS) is 10.4. The molecular formula is C17H21N. The third kappa shape index (κ3) is 2.73. The molecule has 0 spiro atoms. The van der Waals surface area contributed by atoms with Crippen LogP contribution in [0.4, 0.5) is 5.69 Å². The van der Waals surface area contributed by atoms with Gasteiger partial charge in [-0.2, -0.15) is 0 Å². The lowest BCUT2D eigenvalue weighted by molar-refractivity contribution is 1.10. The molecule has 0 radical (unpaired) electrons. The summed E-state index contributed by atoms with van der Waals surface area (Å²) in [7, 11) is 0. The largest absolute Gasteiger partial charge is 0.381 e. The van der Waals surface area contributed by atoms with E-state index in [-0.39, 0.29) is 0 Å². The number of aryl methyl sites for hydroxylation is 4. The van der Waals surface area contributed by atoms with E-state index in [0.717, 1.165) is 6.54 Å². The summed E-state index contributed by atoms with van der Waals surface area (Å²) in [6.07, 6.45) is 0. The van der Waals surface area contributed by atoms with Crippen molar-refractivity contribution in [3.05, 3.63) is 64.2 Å². The van der Waals surface area contributed by atoms with Crippen LogP contribution in [0.2, 0.25) is 0 Å². The van der Waals surface area contributed by atoms with Gasteiger partial charge in [0.1, 0.15) is 0 Å². The van der Waals surface area contributed by atoms with Crippen LogP contribution in [0.3, 0.4) is 0 Å². The van der Waals surface area contributed by atoms with Crippen molar-refractivity contribution in [3.63, 3.8) is 0 Å². The van der Waals surface area contributed by atoms with Crippen molar-refractivity contribution in [3.8, 4) is 0 Å². The summed E-state index contributed by atoms with van der Waals surface area (Å²) in [5.41, 5.74) is 7.93. The van der Waals surface area contributed by atoms with Crippen molar-refractivity contribution in [1.82, 2.24) is 0 Å². The summed E-state index contributed by atoms with van der Waals surface area (Å²) < 4.78 is 0. The van der Waals surface area contributed by atoms with Crippen molar-refractivity contribution in [2.24, 2.45) is 0 Å². The van der Waals surface area contributed by atoms with E-state index >= 15 is 0 Å². The highest BCUT2D eigenvalue weighted by Gasteiger charge is 2.04. The van der Waals surface area contributed by atoms with Crippen LogP contribution in [-0.2, 0) is 6.54 Å². The maximum Gasteiger partial charge on any atom is 0.0403 e. The summed E-state index contributed by atoms with van der Waals surface area (Å²) in [5, 5.41) is 3.57. The van der Waals surface area contributed by atoms with E-state index in [9.17, 15) is 0 Å². The monoisotopic (exact) mass is 239 g/mol. The quantitative estimate of drug-likeness (QED) is 0.829. The molecule has 1 N–H and O–H groups in total. The van der Waals surface area contributed by atoms with Gasteiger partial charge in [0.15, 0.2) is 0 Å². The zero-order chi connectivity index (χ0) is 13.1. The highest BCUT2D eigenvalue weighted by Crippen LogP contribution is 2.22. The van der Waals surface area contributed by atoms with Crippen LogP contribution in [0.15, 0.2) is 36.4 Å². The molecule has 0 saturated heterocycles. The number of hydrogen-bond acceptors (Lipinski definition) is 1. The fourth-order valence-corrected chi connectivity index (χ4v) is 2.45. The van der Waals surface area contributed by atoms with Gasteiger partial charge in [0, 0.05) is 12.2 Å². The summed E-state index contributed by atoms with van der Waals surface area (Å²) in [6.45, 7) is 9.52. The van der Waals surface area contributed by atoms with Crippen LogP contribution >= 0.6 is 0 Å². The molecule has 0 amide bonds. The molecule has 2 aromatic carbocycles. The standard InChI is InChI=1S/C17H21N/c1-12-9-14(3)17(15(4)10-12)18-11-16-8-6-5-7-13(16)2/h5-10,18H,11H2,1-4H3. The minimum atomic E-state index is 0.886. The first kappa shape index (κ1) is 12.7. The van der Waals surface area contributed by atoms with E-state index in [2.05, 4.69) is 69.4 Å². The zero-order valence-corrected chi connectivity index (χ0v) is 11.7. The Hall–Kier alpha value is -1.76. The summed E-state index contributed by atoms with van der Waals surface area (Å²) >= 11 is 0. The van der Waals surface area contributed by atoms with Crippen LogP contribution in [0.1, 0.15) is 27.8 Å². The molecule has 1 nitrogen and oxygen atoms in total. The maximum absolute atomic E-state index is 3.57. The SMILES string of the molecule is Cc1cc(C)c(NCc2ccccc2C)c(C)c1. The van der Waals surface area contributed by atoms with Crippen molar-refractivity contribution >= 4 is 5.69 Å². The van der Waals surface area contributed by atoms with Crippen LogP contribution in [0.5, 0.6) is 0 Å². The first-order valence-electron chi connectivity index (χ1n) is 6.44. The Kier molecular flexibility index (Phi) is 3.71. The summed E-state index contributed by atoms with van der Waals surface area (Å²) in [4.78, 5) is 0. The second kappa shape index (κ2) is 5.26. The lowest BCUT2D eigenvalue weighted by Crippen LogP contribution is -2.04. The van der Waals surface area contributed by atoms with Gasteiger partial charge in [0.25, 0.3) is 0 Å². The second-order valence-electron chi connectivity index (χ2n) is 5.05. The van der Waals surface area contributed by atoms with Gasteiger partial charge in [-0.1, -0.05) is 42.0 Å². The molecule has 0 fully saturated rings. The summed E-state index contributed by atoms with van der Waals surface area (Å²) in [6, 6.07) is 13.0. The molecule has 0 saturated carbocycles. The number of hydrogen-bond donors (Lipinski definition) is 1. The molecule has 2 rings (SSSR count). The molecule has 0 aromatic heterocycles. The fraction of sp³-hybridized carbons (Fsp3) is 0.294. The Morgan fingerprint density at radius 2 is 1.44 bits per heavy atom. The molecular weight excluding hydrogens is 218 g/mol. The molecule has 0 unspecified atom stereocenters. The molecule has 0 aliphatic carbocycles. The van der Waals surface area contributed by atoms with Gasteiger partial charge in [-0.05, 0) is 49.9 Å². The van der Waals surface area contributed by atoms with Crippen molar-refractivity contribution in [1.29, 1.82) is 0 Å². The van der Waals surface area contributed by atoms with Gasteiger partial charge in [-0.25, -0.2) is 0 Å². The lowest BCUT2D eigenvalue weighted by atomic mass is 10.0. The third-order valence-corrected chi connectivity index (χ3v) is 3.39. The van der Waals surface area contributed by atoms with Gasteiger partial charge in [0.2, 0.25) is 0 Å². The van der Waals surface area contributed by atoms with E-state index in [1.807, 2.05) is 0 Å². The van der Waals surface area contributed by atoms with Gasteiger partial charge in [-0.15, -0.1) is 0 Å². The van der Waals surface area contributed by atoms with Crippen LogP contribution < -0.4 is 5.32 Å². The Bertz CT molecular complexity index is 532. The molecule has 94 valence electrons. The number of nitrogens with one attached hydrogen (secondary N) is 1. The van der Waals surface area contributed by atoms with E-state index in [0.29, 0.717) is 0 Å². The highest BCUT2D eigenvalue weighted by atomic mass is 14.9. The fourth-order valence-electron chi connectivity index (χ4n) is 2.45. The average molecular weight is 239 g/mol. The first-order valence-corrected chi connectivity index (χ1v) is 6.44. The van der Waals surface area contributed by atoms with E-state index in [4.69, 9.17) is 0 Å². The van der Waals surface area contributed by atoms with Gasteiger partial charge in [-0.3, -0.25) is 0 Å². The Morgan fingerprint density at radius 1 is 0.833 bits per heavy atom. The number of rotatable bonds is 3. The minimum absolute atomic E-state index is 0.886. The molecule has 2 aromatic rings. The third-order valence-electron chi connectivity index (χ3n) is 3.39. The van der Waals surface area contributed by atoms with Crippen LogP contribution in [0.25, 0.3) is 0 Å². The van der Waals surface area contributed by atoms with Crippen molar-refractivity contribution < 1.29 is 0 Å². The molecule has 0 aliphatic rings. The van der Waals surface area contributed by atoms with E-state index in [1.54, 1.807) is 0 Å². The first-order chi connectivity index (χ1) is 8.58. The van der Waals surface area contributed by atoms with Gasteiger partial charge in [0.05, 0.1) is 0 Å². The van der Waals surface area contributed by atoms with Gasteiger partial charge >= 0.3 is 0 Å². The molecule has 0 bridgehead atoms. The number of benzene rings is 2. The maximum atomic E-state index is 3.57. The predicted molar refractivity (Wildman–Crippen MR) is 79.2 cm³/mol. The van der Waals surface area contributed by atoms with Crippen LogP contribution in [-0.4, -0.2) is 0 Å². The Balaban J connectivity index is 2.19. The Morgan fingerprint density at radius 3 is 2.06 bits per heavy atom. The predicted octanol–water partition coefficient (Wildman–Crippen LogP) is 4.53. The smallest absolute Gasteiger partial charge is 0.0403 e. The molecule has 0 atom stereocenters. The van der Waals surface area contributed by atoms with Crippen LogP contribution in [0, 0.1) is 27.7 Å². The molecule has 0 heterocycles. The highest BCUT2D eigenvalue weighted by molar-refractivity contribution is 5.58. The molecule has 0 aliphatic heterocycles. The Labute approximate surface area is 110 Å². The zero-order valence-electron chi connectivity index (χ0n) is 11.7. The molecule has 18 heavy (non-hydrogen) atoms. The molecule has 1 heteroatoms. The van der Waals surface area contributed by atoms with E-state index < -0.39 is 0 Å². The topological polar surface area (TPSA) is 12.0 Å². The number of anilines is 1. The van der Waals surface area contributed by atoms with E-state index in [1.165, 1.54) is 33.5 Å². The second-order valence-corrected chi connectivity index (χ2v) is 5.05. The summed E-state index contributed by atoms with van der Waals surface area (Å²) in [5.74, 6) is 0.